The molecule has 1 aromatic rings. The van der Waals surface area contributed by atoms with Crippen LogP contribution in [0.3, 0.4) is 0 Å². The second-order valence-corrected chi connectivity index (χ2v) is 4.83. The van der Waals surface area contributed by atoms with E-state index in [-0.39, 0.29) is 5.78 Å². The van der Waals surface area contributed by atoms with E-state index in [0.29, 0.717) is 37.1 Å². The molecule has 0 bridgehead atoms. The summed E-state index contributed by atoms with van der Waals surface area (Å²) in [6.07, 6.45) is 1.88. The number of carbonyl (C=O) groups is 1. The molecule has 1 N–H and O–H groups in total. The molecular formula is C15H21NO3. The average Bonchev–Trinajstić information content (AvgIpc) is 2.68. The fourth-order valence-corrected chi connectivity index (χ4v) is 1.85. The van der Waals surface area contributed by atoms with Gasteiger partial charge in [-0.1, -0.05) is 6.92 Å². The number of hydrogen-bond acceptors (Lipinski definition) is 4. The summed E-state index contributed by atoms with van der Waals surface area (Å²) < 4.78 is 11.1. The molecule has 2 rings (SSSR count). The lowest BCUT2D eigenvalue weighted by molar-refractivity contribution is 0.0987. The minimum Gasteiger partial charge on any atom is -0.490 e. The Morgan fingerprint density at radius 2 is 2.05 bits per heavy atom. The van der Waals surface area contributed by atoms with Crippen LogP contribution in [-0.4, -0.2) is 31.6 Å². The van der Waals surface area contributed by atoms with E-state index < -0.39 is 0 Å². The summed E-state index contributed by atoms with van der Waals surface area (Å²) in [6, 6.07) is 5.75. The Morgan fingerprint density at radius 3 is 2.79 bits per heavy atom. The van der Waals surface area contributed by atoms with Crippen LogP contribution in [0.5, 0.6) is 11.5 Å². The molecule has 0 saturated carbocycles. The molecule has 0 aliphatic carbocycles. The Labute approximate surface area is 114 Å². The molecule has 0 saturated heterocycles. The first-order chi connectivity index (χ1) is 9.20. The van der Waals surface area contributed by atoms with E-state index >= 15 is 0 Å². The second kappa shape index (κ2) is 6.57. The smallest absolute Gasteiger partial charge is 0.176 e. The minimum atomic E-state index is 0.0796. The Balaban J connectivity index is 2.04. The molecule has 104 valence electrons. The first-order valence-electron chi connectivity index (χ1n) is 6.87. The van der Waals surface area contributed by atoms with Gasteiger partial charge in [0.15, 0.2) is 17.3 Å². The first kappa shape index (κ1) is 13.9. The number of benzene rings is 1. The van der Waals surface area contributed by atoms with E-state index in [2.05, 4.69) is 19.2 Å². The summed E-state index contributed by atoms with van der Waals surface area (Å²) in [5.74, 6) is 1.48. The van der Waals surface area contributed by atoms with Crippen molar-refractivity contribution in [3.63, 3.8) is 0 Å². The van der Waals surface area contributed by atoms with E-state index in [0.717, 1.165) is 18.6 Å². The monoisotopic (exact) mass is 263 g/mol. The maximum atomic E-state index is 12.1. The molecule has 0 spiro atoms. The van der Waals surface area contributed by atoms with Crippen LogP contribution in [0.25, 0.3) is 0 Å². The molecule has 0 fully saturated rings. The molecule has 1 unspecified atom stereocenters. The van der Waals surface area contributed by atoms with Gasteiger partial charge >= 0.3 is 0 Å². The van der Waals surface area contributed by atoms with E-state index in [9.17, 15) is 4.79 Å². The van der Waals surface area contributed by atoms with Gasteiger partial charge in [0.2, 0.25) is 0 Å². The van der Waals surface area contributed by atoms with Crippen molar-refractivity contribution in [2.75, 3.05) is 19.8 Å². The fourth-order valence-electron chi connectivity index (χ4n) is 1.85. The molecule has 0 aromatic heterocycles. The van der Waals surface area contributed by atoms with Crippen LogP contribution < -0.4 is 14.8 Å². The Kier molecular flexibility index (Phi) is 4.80. The highest BCUT2D eigenvalue weighted by Crippen LogP contribution is 2.30. The molecule has 1 heterocycles. The van der Waals surface area contributed by atoms with Crippen LogP contribution in [0, 0.1) is 0 Å². The third kappa shape index (κ3) is 3.70. The standard InChI is InChI=1S/C15H21NO3/c1-3-11(2)16-10-13(17)12-5-6-14-15(9-12)19-8-4-7-18-14/h5-6,9,11,16H,3-4,7-8,10H2,1-2H3. The molecule has 0 amide bonds. The van der Waals surface area contributed by atoms with Crippen LogP contribution in [-0.2, 0) is 0 Å². The van der Waals surface area contributed by atoms with E-state index in [4.69, 9.17) is 9.47 Å². The van der Waals surface area contributed by atoms with Crippen molar-refractivity contribution >= 4 is 5.78 Å². The Morgan fingerprint density at radius 1 is 1.32 bits per heavy atom. The van der Waals surface area contributed by atoms with Crippen LogP contribution in [0.1, 0.15) is 37.0 Å². The first-order valence-corrected chi connectivity index (χ1v) is 6.87. The molecule has 0 radical (unpaired) electrons. The number of nitrogens with one attached hydrogen (secondary N) is 1. The molecule has 1 aliphatic heterocycles. The zero-order valence-electron chi connectivity index (χ0n) is 11.6. The van der Waals surface area contributed by atoms with Crippen molar-refractivity contribution < 1.29 is 14.3 Å². The largest absolute Gasteiger partial charge is 0.490 e. The van der Waals surface area contributed by atoms with Crippen molar-refractivity contribution in [3.8, 4) is 11.5 Å². The van der Waals surface area contributed by atoms with Gasteiger partial charge in [-0.05, 0) is 31.5 Å². The highest BCUT2D eigenvalue weighted by molar-refractivity contribution is 5.98. The van der Waals surface area contributed by atoms with Gasteiger partial charge in [0.25, 0.3) is 0 Å². The Bertz CT molecular complexity index is 445. The lowest BCUT2D eigenvalue weighted by atomic mass is 10.1. The minimum absolute atomic E-state index is 0.0796. The van der Waals surface area contributed by atoms with Gasteiger partial charge in [-0.2, -0.15) is 0 Å². The van der Waals surface area contributed by atoms with Crippen molar-refractivity contribution in [2.45, 2.75) is 32.7 Å². The highest BCUT2D eigenvalue weighted by atomic mass is 16.5. The molecule has 1 aromatic carbocycles. The Hall–Kier alpha value is -1.55. The molecule has 4 heteroatoms. The summed E-state index contributed by atoms with van der Waals surface area (Å²) in [4.78, 5) is 12.1. The van der Waals surface area contributed by atoms with Crippen molar-refractivity contribution in [1.29, 1.82) is 0 Å². The summed E-state index contributed by atoms with van der Waals surface area (Å²) in [5, 5.41) is 3.20. The number of fused-ring (bicyclic) bond motifs is 1. The van der Waals surface area contributed by atoms with Crippen molar-refractivity contribution in [3.05, 3.63) is 23.8 Å². The van der Waals surface area contributed by atoms with Crippen LogP contribution in [0.4, 0.5) is 0 Å². The van der Waals surface area contributed by atoms with Gasteiger partial charge in [-0.15, -0.1) is 0 Å². The molecule has 1 aliphatic rings. The van der Waals surface area contributed by atoms with Gasteiger partial charge in [0.05, 0.1) is 19.8 Å². The third-order valence-corrected chi connectivity index (χ3v) is 3.29. The van der Waals surface area contributed by atoms with E-state index in [1.165, 1.54) is 0 Å². The maximum absolute atomic E-state index is 12.1. The van der Waals surface area contributed by atoms with Gasteiger partial charge in [0.1, 0.15) is 0 Å². The predicted octanol–water partition coefficient (Wildman–Crippen LogP) is 2.42. The maximum Gasteiger partial charge on any atom is 0.176 e. The summed E-state index contributed by atoms with van der Waals surface area (Å²) in [7, 11) is 0. The van der Waals surface area contributed by atoms with Gasteiger partial charge in [0, 0.05) is 18.0 Å². The quantitative estimate of drug-likeness (QED) is 0.829. The molecule has 4 nitrogen and oxygen atoms in total. The summed E-state index contributed by atoms with van der Waals surface area (Å²) in [6.45, 7) is 5.82. The number of rotatable bonds is 5. The molecule has 1 atom stereocenters. The normalized spacial score (nSPS) is 15.7. The van der Waals surface area contributed by atoms with Crippen LogP contribution in [0.2, 0.25) is 0 Å². The van der Waals surface area contributed by atoms with Gasteiger partial charge in [-0.3, -0.25) is 4.79 Å². The summed E-state index contributed by atoms with van der Waals surface area (Å²) in [5.41, 5.74) is 0.667. The van der Waals surface area contributed by atoms with E-state index in [1.807, 2.05) is 6.07 Å². The lowest BCUT2D eigenvalue weighted by Gasteiger charge is -2.12. The van der Waals surface area contributed by atoms with Crippen LogP contribution in [0.15, 0.2) is 18.2 Å². The number of ketones is 1. The number of Topliss-reactive ketones (excluding diaryl/α,β-unsaturated/α-hetero) is 1. The molecular weight excluding hydrogens is 242 g/mol. The topological polar surface area (TPSA) is 47.6 Å². The fraction of sp³-hybridized carbons (Fsp3) is 0.533. The van der Waals surface area contributed by atoms with Crippen LogP contribution >= 0.6 is 0 Å². The molecule has 19 heavy (non-hydrogen) atoms. The van der Waals surface area contributed by atoms with Crippen molar-refractivity contribution in [1.82, 2.24) is 5.32 Å². The summed E-state index contributed by atoms with van der Waals surface area (Å²) >= 11 is 0. The zero-order chi connectivity index (χ0) is 13.7. The zero-order valence-corrected chi connectivity index (χ0v) is 11.6. The third-order valence-electron chi connectivity index (χ3n) is 3.29. The number of ether oxygens (including phenoxy) is 2. The highest BCUT2D eigenvalue weighted by Gasteiger charge is 2.14. The lowest BCUT2D eigenvalue weighted by Crippen LogP contribution is -2.30. The van der Waals surface area contributed by atoms with E-state index in [1.54, 1.807) is 12.1 Å². The number of hydrogen-bond donors (Lipinski definition) is 1. The predicted molar refractivity (Wildman–Crippen MR) is 74.1 cm³/mol. The second-order valence-electron chi connectivity index (χ2n) is 4.83. The average molecular weight is 263 g/mol. The van der Waals surface area contributed by atoms with Gasteiger partial charge < -0.3 is 14.8 Å². The SMILES string of the molecule is CCC(C)NCC(=O)c1ccc2c(c1)OCCCO2. The van der Waals surface area contributed by atoms with Crippen molar-refractivity contribution in [2.24, 2.45) is 0 Å². The number of carbonyl (C=O) groups excluding carboxylic acids is 1. The van der Waals surface area contributed by atoms with Gasteiger partial charge in [-0.25, -0.2) is 0 Å².